The first kappa shape index (κ1) is 16.6. The van der Waals surface area contributed by atoms with Crippen molar-refractivity contribution in [3.8, 4) is 0 Å². The number of rotatable bonds is 4. The number of hydrogen-bond donors (Lipinski definition) is 2. The Labute approximate surface area is 145 Å². The number of carbonyl (C=O) groups is 2. The molecular weight excluding hydrogens is 335 g/mol. The van der Waals surface area contributed by atoms with Gasteiger partial charge in [0.05, 0.1) is 15.7 Å². The fourth-order valence-electron chi connectivity index (χ4n) is 3.09. The van der Waals surface area contributed by atoms with Gasteiger partial charge >= 0.3 is 0 Å². The number of hydrogen-bond acceptors (Lipinski definition) is 2. The van der Waals surface area contributed by atoms with Crippen LogP contribution in [0.25, 0.3) is 0 Å². The highest BCUT2D eigenvalue weighted by Gasteiger charge is 2.56. The first-order valence-electron chi connectivity index (χ1n) is 8.09. The van der Waals surface area contributed by atoms with E-state index in [9.17, 15) is 9.59 Å². The minimum Gasteiger partial charge on any atom is -0.352 e. The summed E-state index contributed by atoms with van der Waals surface area (Å²) >= 11 is 12.1. The van der Waals surface area contributed by atoms with Gasteiger partial charge in [0.15, 0.2) is 0 Å². The van der Waals surface area contributed by atoms with E-state index in [-0.39, 0.29) is 17.9 Å². The Bertz CT molecular complexity index is 623. The third kappa shape index (κ3) is 3.48. The Morgan fingerprint density at radius 1 is 1.04 bits per heavy atom. The van der Waals surface area contributed by atoms with Crippen molar-refractivity contribution in [2.45, 2.75) is 51.0 Å². The molecular formula is C17H20Cl2N2O2. The van der Waals surface area contributed by atoms with Crippen LogP contribution in [-0.4, -0.2) is 17.9 Å². The van der Waals surface area contributed by atoms with Crippen LogP contribution >= 0.6 is 23.2 Å². The van der Waals surface area contributed by atoms with E-state index >= 15 is 0 Å². The molecule has 1 aromatic rings. The average molecular weight is 355 g/mol. The van der Waals surface area contributed by atoms with E-state index in [0.29, 0.717) is 28.6 Å². The van der Waals surface area contributed by atoms with Crippen molar-refractivity contribution in [3.05, 3.63) is 28.2 Å². The minimum absolute atomic E-state index is 0.153. The maximum Gasteiger partial charge on any atom is 0.240 e. The summed E-state index contributed by atoms with van der Waals surface area (Å²) in [5, 5.41) is 6.48. The second-order valence-electron chi connectivity index (χ2n) is 6.45. The summed E-state index contributed by atoms with van der Waals surface area (Å²) < 4.78 is 0. The molecule has 0 heterocycles. The van der Waals surface area contributed by atoms with E-state index in [1.807, 2.05) is 0 Å². The Morgan fingerprint density at radius 2 is 1.74 bits per heavy atom. The van der Waals surface area contributed by atoms with Crippen LogP contribution in [0.3, 0.4) is 0 Å². The fraction of sp³-hybridized carbons (Fsp3) is 0.529. The standard InChI is InChI=1S/C17H20Cl2N2O2/c18-12-7-4-8-13(14(12)19)21-16(23)17(9-10-17)15(22)20-11-5-2-1-3-6-11/h4,7-8,11H,1-3,5-6,9-10H2,(H,20,22)(H,21,23). The lowest BCUT2D eigenvalue weighted by Gasteiger charge is -2.25. The van der Waals surface area contributed by atoms with E-state index in [0.717, 1.165) is 25.7 Å². The number of amides is 2. The van der Waals surface area contributed by atoms with Crippen LogP contribution in [0.4, 0.5) is 5.69 Å². The number of nitrogens with one attached hydrogen (secondary N) is 2. The van der Waals surface area contributed by atoms with Crippen LogP contribution in [0.2, 0.25) is 10.0 Å². The fourth-order valence-corrected chi connectivity index (χ4v) is 3.44. The molecule has 0 aromatic heterocycles. The Kier molecular flexibility index (Phi) is 4.83. The van der Waals surface area contributed by atoms with Crippen molar-refractivity contribution >= 4 is 40.7 Å². The van der Waals surface area contributed by atoms with Gasteiger partial charge < -0.3 is 10.6 Å². The summed E-state index contributed by atoms with van der Waals surface area (Å²) in [5.74, 6) is -0.449. The Balaban J connectivity index is 1.66. The van der Waals surface area contributed by atoms with Crippen LogP contribution in [0, 0.1) is 5.41 Å². The van der Waals surface area contributed by atoms with Gasteiger partial charge in [0.2, 0.25) is 11.8 Å². The molecule has 6 heteroatoms. The monoisotopic (exact) mass is 354 g/mol. The molecule has 0 aliphatic heterocycles. The molecule has 23 heavy (non-hydrogen) atoms. The van der Waals surface area contributed by atoms with Crippen molar-refractivity contribution in [2.75, 3.05) is 5.32 Å². The molecule has 2 fully saturated rings. The van der Waals surface area contributed by atoms with Crippen molar-refractivity contribution in [3.63, 3.8) is 0 Å². The van der Waals surface area contributed by atoms with Crippen LogP contribution < -0.4 is 10.6 Å². The summed E-state index contributed by atoms with van der Waals surface area (Å²) in [6, 6.07) is 5.26. The highest BCUT2D eigenvalue weighted by atomic mass is 35.5. The summed E-state index contributed by atoms with van der Waals surface area (Å²) in [5.41, 5.74) is -0.496. The van der Waals surface area contributed by atoms with Gasteiger partial charge in [0, 0.05) is 6.04 Å². The van der Waals surface area contributed by atoms with E-state index in [1.165, 1.54) is 6.42 Å². The summed E-state index contributed by atoms with van der Waals surface area (Å²) in [4.78, 5) is 25.1. The molecule has 2 aliphatic carbocycles. The molecule has 0 atom stereocenters. The molecule has 0 unspecified atom stereocenters. The molecule has 2 saturated carbocycles. The van der Waals surface area contributed by atoms with Crippen molar-refractivity contribution in [1.29, 1.82) is 0 Å². The highest BCUT2D eigenvalue weighted by Crippen LogP contribution is 2.47. The average Bonchev–Trinajstić information content (AvgIpc) is 3.35. The van der Waals surface area contributed by atoms with Crippen molar-refractivity contribution < 1.29 is 9.59 Å². The molecule has 0 bridgehead atoms. The molecule has 2 amide bonds. The Hall–Kier alpha value is -1.26. The highest BCUT2D eigenvalue weighted by molar-refractivity contribution is 6.44. The van der Waals surface area contributed by atoms with Gasteiger partial charge in [0.1, 0.15) is 5.41 Å². The maximum absolute atomic E-state index is 12.6. The normalized spacial score (nSPS) is 19.9. The van der Waals surface area contributed by atoms with Crippen molar-refractivity contribution in [2.24, 2.45) is 5.41 Å². The van der Waals surface area contributed by atoms with Gasteiger partial charge in [-0.05, 0) is 37.8 Å². The topological polar surface area (TPSA) is 58.2 Å². The molecule has 124 valence electrons. The first-order valence-corrected chi connectivity index (χ1v) is 8.85. The van der Waals surface area contributed by atoms with Crippen LogP contribution in [0.1, 0.15) is 44.9 Å². The molecule has 3 rings (SSSR count). The number of anilines is 1. The molecule has 0 spiro atoms. The second-order valence-corrected chi connectivity index (χ2v) is 7.23. The van der Waals surface area contributed by atoms with Gasteiger partial charge in [-0.1, -0.05) is 48.5 Å². The van der Waals surface area contributed by atoms with Gasteiger partial charge in [0.25, 0.3) is 0 Å². The molecule has 0 radical (unpaired) electrons. The largest absolute Gasteiger partial charge is 0.352 e. The maximum atomic E-state index is 12.6. The number of halogens is 2. The SMILES string of the molecule is O=C(Nc1cccc(Cl)c1Cl)C1(C(=O)NC2CCCCC2)CC1. The lowest BCUT2D eigenvalue weighted by atomic mass is 9.94. The molecule has 2 N–H and O–H groups in total. The molecule has 2 aliphatic rings. The lowest BCUT2D eigenvalue weighted by Crippen LogP contribution is -2.45. The van der Waals surface area contributed by atoms with Gasteiger partial charge in [-0.3, -0.25) is 9.59 Å². The van der Waals surface area contributed by atoms with E-state index < -0.39 is 5.41 Å². The van der Waals surface area contributed by atoms with Gasteiger partial charge in [-0.2, -0.15) is 0 Å². The van der Waals surface area contributed by atoms with Gasteiger partial charge in [-0.25, -0.2) is 0 Å². The van der Waals surface area contributed by atoms with Gasteiger partial charge in [-0.15, -0.1) is 0 Å². The number of carbonyl (C=O) groups excluding carboxylic acids is 2. The smallest absolute Gasteiger partial charge is 0.240 e. The predicted molar refractivity (Wildman–Crippen MR) is 91.8 cm³/mol. The second kappa shape index (κ2) is 6.70. The van der Waals surface area contributed by atoms with Crippen LogP contribution in [0.15, 0.2) is 18.2 Å². The third-order valence-electron chi connectivity index (χ3n) is 4.76. The lowest BCUT2D eigenvalue weighted by molar-refractivity contribution is -0.135. The summed E-state index contributed by atoms with van der Waals surface area (Å²) in [7, 11) is 0. The quantitative estimate of drug-likeness (QED) is 0.797. The molecule has 0 saturated heterocycles. The third-order valence-corrected chi connectivity index (χ3v) is 5.58. The summed E-state index contributed by atoms with van der Waals surface area (Å²) in [6.07, 6.45) is 6.67. The van der Waals surface area contributed by atoms with E-state index in [2.05, 4.69) is 10.6 Å². The molecule has 4 nitrogen and oxygen atoms in total. The number of benzene rings is 1. The van der Waals surface area contributed by atoms with E-state index in [4.69, 9.17) is 23.2 Å². The predicted octanol–water partition coefficient (Wildman–Crippen LogP) is 4.16. The minimum atomic E-state index is -0.941. The van der Waals surface area contributed by atoms with Crippen molar-refractivity contribution in [1.82, 2.24) is 5.32 Å². The zero-order valence-corrected chi connectivity index (χ0v) is 14.3. The zero-order chi connectivity index (χ0) is 16.4. The van der Waals surface area contributed by atoms with Crippen LogP contribution in [-0.2, 0) is 9.59 Å². The Morgan fingerprint density at radius 3 is 2.39 bits per heavy atom. The van der Waals surface area contributed by atoms with E-state index in [1.54, 1.807) is 18.2 Å². The zero-order valence-electron chi connectivity index (χ0n) is 12.8. The first-order chi connectivity index (χ1) is 11.0. The summed E-state index contributed by atoms with van der Waals surface area (Å²) in [6.45, 7) is 0. The van der Waals surface area contributed by atoms with Crippen LogP contribution in [0.5, 0.6) is 0 Å². The molecule has 1 aromatic carbocycles.